The van der Waals surface area contributed by atoms with Crippen molar-refractivity contribution in [2.75, 3.05) is 20.2 Å². The maximum Gasteiger partial charge on any atom is 0.317 e. The first kappa shape index (κ1) is 12.0. The minimum Gasteiger partial charge on any atom is -0.468 e. The Morgan fingerprint density at radius 3 is 2.76 bits per heavy atom. The van der Waals surface area contributed by atoms with Gasteiger partial charge in [0.05, 0.1) is 7.11 Å². The smallest absolute Gasteiger partial charge is 0.317 e. The lowest BCUT2D eigenvalue weighted by atomic mass is 9.79. The Hall–Kier alpha value is -1.49. The van der Waals surface area contributed by atoms with Crippen molar-refractivity contribution >= 4 is 5.97 Å². The number of hydrogen-bond acceptors (Lipinski definition) is 3. The predicted octanol–water partition coefficient (Wildman–Crippen LogP) is 1.37. The van der Waals surface area contributed by atoms with Gasteiger partial charge >= 0.3 is 5.97 Å². The van der Waals surface area contributed by atoms with Crippen molar-refractivity contribution < 1.29 is 18.3 Å². The summed E-state index contributed by atoms with van der Waals surface area (Å²) < 4.78 is 31.4. The average Bonchev–Trinajstić information content (AvgIpc) is 2.78. The Morgan fingerprint density at radius 1 is 1.47 bits per heavy atom. The first-order chi connectivity index (χ1) is 8.10. The van der Waals surface area contributed by atoms with Crippen LogP contribution in [-0.4, -0.2) is 26.2 Å². The van der Waals surface area contributed by atoms with Crippen LogP contribution in [0.15, 0.2) is 18.2 Å². The maximum absolute atomic E-state index is 13.8. The quantitative estimate of drug-likeness (QED) is 0.795. The fourth-order valence-corrected chi connectivity index (χ4v) is 2.28. The van der Waals surface area contributed by atoms with Crippen LogP contribution in [0.25, 0.3) is 0 Å². The van der Waals surface area contributed by atoms with Gasteiger partial charge in [0, 0.05) is 18.2 Å². The lowest BCUT2D eigenvalue weighted by Crippen LogP contribution is -2.39. The third-order valence-corrected chi connectivity index (χ3v) is 3.18. The highest BCUT2D eigenvalue weighted by molar-refractivity contribution is 5.84. The second kappa shape index (κ2) is 4.41. The largest absolute Gasteiger partial charge is 0.468 e. The average molecular weight is 241 g/mol. The second-order valence-corrected chi connectivity index (χ2v) is 4.12. The summed E-state index contributed by atoms with van der Waals surface area (Å²) in [6, 6.07) is 3.26. The zero-order valence-corrected chi connectivity index (χ0v) is 9.43. The van der Waals surface area contributed by atoms with E-state index in [1.165, 1.54) is 13.2 Å². The Bertz CT molecular complexity index is 442. The van der Waals surface area contributed by atoms with Crippen molar-refractivity contribution in [1.82, 2.24) is 5.32 Å². The number of ether oxygens (including phenoxy) is 1. The van der Waals surface area contributed by atoms with Gasteiger partial charge in [-0.15, -0.1) is 0 Å². The molecule has 2 rings (SSSR count). The van der Waals surface area contributed by atoms with Gasteiger partial charge in [0.1, 0.15) is 17.0 Å². The van der Waals surface area contributed by atoms with Crippen LogP contribution in [0.3, 0.4) is 0 Å². The molecule has 5 heteroatoms. The monoisotopic (exact) mass is 241 g/mol. The molecule has 1 saturated heterocycles. The van der Waals surface area contributed by atoms with E-state index in [0.717, 1.165) is 12.1 Å². The maximum atomic E-state index is 13.8. The summed E-state index contributed by atoms with van der Waals surface area (Å²) in [5.41, 5.74) is -0.845. The Kier molecular flexibility index (Phi) is 3.11. The van der Waals surface area contributed by atoms with E-state index in [4.69, 9.17) is 4.74 Å². The van der Waals surface area contributed by atoms with Gasteiger partial charge in [-0.05, 0) is 19.0 Å². The Labute approximate surface area is 97.8 Å². The molecule has 0 aromatic heterocycles. The number of methoxy groups -OCH3 is 1. The number of halogens is 2. The van der Waals surface area contributed by atoms with Crippen LogP contribution in [0.2, 0.25) is 0 Å². The summed E-state index contributed by atoms with van der Waals surface area (Å²) in [5, 5.41) is 3.01. The standard InChI is InChI=1S/C12H13F2NO2/c1-17-11(16)12(4-5-15-7-12)9-3-2-8(13)6-10(9)14/h2-3,6,15H,4-5,7H2,1H3. The van der Waals surface area contributed by atoms with Crippen molar-refractivity contribution in [3.05, 3.63) is 35.4 Å². The highest BCUT2D eigenvalue weighted by Crippen LogP contribution is 2.34. The lowest BCUT2D eigenvalue weighted by Gasteiger charge is -2.25. The normalized spacial score (nSPS) is 23.7. The molecule has 1 aliphatic heterocycles. The molecule has 0 amide bonds. The summed E-state index contributed by atoms with van der Waals surface area (Å²) >= 11 is 0. The second-order valence-electron chi connectivity index (χ2n) is 4.12. The van der Waals surface area contributed by atoms with Gasteiger partial charge in [-0.25, -0.2) is 8.78 Å². The highest BCUT2D eigenvalue weighted by Gasteiger charge is 2.45. The van der Waals surface area contributed by atoms with E-state index in [9.17, 15) is 13.6 Å². The number of carbonyl (C=O) groups is 1. The molecule has 0 radical (unpaired) electrons. The summed E-state index contributed by atoms with van der Waals surface area (Å²) in [6.45, 7) is 0.911. The Balaban J connectivity index is 2.49. The van der Waals surface area contributed by atoms with Gasteiger partial charge in [0.2, 0.25) is 0 Å². The van der Waals surface area contributed by atoms with Crippen molar-refractivity contribution in [2.24, 2.45) is 0 Å². The van der Waals surface area contributed by atoms with Crippen molar-refractivity contribution in [1.29, 1.82) is 0 Å². The summed E-state index contributed by atoms with van der Waals surface area (Å²) in [5.74, 6) is -1.86. The molecule has 1 N–H and O–H groups in total. The van der Waals surface area contributed by atoms with Gasteiger partial charge in [-0.2, -0.15) is 0 Å². The Morgan fingerprint density at radius 2 is 2.24 bits per heavy atom. The third-order valence-electron chi connectivity index (χ3n) is 3.18. The number of esters is 1. The molecule has 1 unspecified atom stereocenters. The molecule has 0 aliphatic carbocycles. The highest BCUT2D eigenvalue weighted by atomic mass is 19.1. The molecule has 1 aromatic rings. The molecule has 0 bridgehead atoms. The predicted molar refractivity (Wildman–Crippen MR) is 57.5 cm³/mol. The van der Waals surface area contributed by atoms with E-state index in [1.807, 2.05) is 0 Å². The van der Waals surface area contributed by atoms with Crippen LogP contribution in [0.5, 0.6) is 0 Å². The van der Waals surface area contributed by atoms with E-state index in [0.29, 0.717) is 19.5 Å². The molecule has 3 nitrogen and oxygen atoms in total. The number of nitrogens with one attached hydrogen (secondary N) is 1. The fraction of sp³-hybridized carbons (Fsp3) is 0.417. The molecular weight excluding hydrogens is 228 g/mol. The van der Waals surface area contributed by atoms with E-state index in [-0.39, 0.29) is 5.56 Å². The van der Waals surface area contributed by atoms with Crippen LogP contribution >= 0.6 is 0 Å². The van der Waals surface area contributed by atoms with Crippen LogP contribution in [-0.2, 0) is 14.9 Å². The zero-order chi connectivity index (χ0) is 12.5. The van der Waals surface area contributed by atoms with Crippen molar-refractivity contribution in [3.63, 3.8) is 0 Å². The molecular formula is C12H13F2NO2. The third kappa shape index (κ3) is 1.91. The van der Waals surface area contributed by atoms with Gasteiger partial charge in [-0.3, -0.25) is 4.79 Å². The minimum absolute atomic E-state index is 0.191. The number of rotatable bonds is 2. The van der Waals surface area contributed by atoms with Crippen molar-refractivity contribution in [2.45, 2.75) is 11.8 Å². The molecule has 1 fully saturated rings. The van der Waals surface area contributed by atoms with E-state index in [1.54, 1.807) is 0 Å². The molecule has 92 valence electrons. The van der Waals surface area contributed by atoms with E-state index >= 15 is 0 Å². The van der Waals surface area contributed by atoms with Gasteiger partial charge in [0.25, 0.3) is 0 Å². The first-order valence-electron chi connectivity index (χ1n) is 5.35. The first-order valence-corrected chi connectivity index (χ1v) is 5.35. The number of benzene rings is 1. The molecule has 1 aliphatic rings. The molecule has 17 heavy (non-hydrogen) atoms. The fourth-order valence-electron chi connectivity index (χ4n) is 2.28. The molecule has 1 aromatic carbocycles. The molecule has 1 atom stereocenters. The molecule has 1 heterocycles. The minimum atomic E-state index is -1.04. The van der Waals surface area contributed by atoms with E-state index < -0.39 is 23.0 Å². The SMILES string of the molecule is COC(=O)C1(c2ccc(F)cc2F)CCNC1. The van der Waals surface area contributed by atoms with E-state index in [2.05, 4.69) is 5.32 Å². The number of carbonyl (C=O) groups excluding carboxylic acids is 1. The van der Waals surface area contributed by atoms with Crippen LogP contribution in [0.4, 0.5) is 8.78 Å². The summed E-state index contributed by atoms with van der Waals surface area (Å²) in [4.78, 5) is 11.9. The molecule has 0 spiro atoms. The summed E-state index contributed by atoms with van der Waals surface area (Å²) in [7, 11) is 1.27. The topological polar surface area (TPSA) is 38.3 Å². The van der Waals surface area contributed by atoms with Crippen LogP contribution in [0.1, 0.15) is 12.0 Å². The van der Waals surface area contributed by atoms with Crippen LogP contribution in [0, 0.1) is 11.6 Å². The number of hydrogen-bond donors (Lipinski definition) is 1. The van der Waals surface area contributed by atoms with Gasteiger partial charge in [0.15, 0.2) is 0 Å². The molecule has 0 saturated carbocycles. The van der Waals surface area contributed by atoms with Crippen molar-refractivity contribution in [3.8, 4) is 0 Å². The zero-order valence-electron chi connectivity index (χ0n) is 9.43. The lowest BCUT2D eigenvalue weighted by molar-refractivity contribution is -0.147. The summed E-state index contributed by atoms with van der Waals surface area (Å²) in [6.07, 6.45) is 0.447. The van der Waals surface area contributed by atoms with Gasteiger partial charge < -0.3 is 10.1 Å². The van der Waals surface area contributed by atoms with Gasteiger partial charge in [-0.1, -0.05) is 6.07 Å². The van der Waals surface area contributed by atoms with Crippen LogP contribution < -0.4 is 5.32 Å².